The molecule has 2 rings (SSSR count). The maximum Gasteiger partial charge on any atom is 0.119 e. The predicted molar refractivity (Wildman–Crippen MR) is 76.1 cm³/mol. The lowest BCUT2D eigenvalue weighted by atomic mass is 9.98. The summed E-state index contributed by atoms with van der Waals surface area (Å²) in [6.45, 7) is 2.83. The Morgan fingerprint density at radius 2 is 1.89 bits per heavy atom. The van der Waals surface area contributed by atoms with Gasteiger partial charge in [-0.25, -0.2) is 0 Å². The monoisotopic (exact) mass is 264 g/mol. The lowest BCUT2D eigenvalue weighted by Gasteiger charge is -2.34. The van der Waals surface area contributed by atoms with Gasteiger partial charge in [0.05, 0.1) is 0 Å². The van der Waals surface area contributed by atoms with Gasteiger partial charge in [-0.15, -0.1) is 0 Å². The summed E-state index contributed by atoms with van der Waals surface area (Å²) in [6, 6.07) is 5.43. The molecule has 106 valence electrons. The number of aromatic hydroxyl groups is 2. The van der Waals surface area contributed by atoms with Gasteiger partial charge < -0.3 is 15.9 Å². The SMILES string of the molecule is CC(c1cc(O)cc(O)c1)N(C)C1CCCC1CN. The van der Waals surface area contributed by atoms with Crippen molar-refractivity contribution in [3.05, 3.63) is 23.8 Å². The number of phenolic OH excluding ortho intramolecular Hbond substituents is 2. The maximum absolute atomic E-state index is 9.59. The first-order valence-corrected chi connectivity index (χ1v) is 6.98. The van der Waals surface area contributed by atoms with E-state index in [0.29, 0.717) is 12.0 Å². The van der Waals surface area contributed by atoms with Crippen LogP contribution in [-0.2, 0) is 0 Å². The normalized spacial score (nSPS) is 24.8. The highest BCUT2D eigenvalue weighted by Gasteiger charge is 2.31. The van der Waals surface area contributed by atoms with Gasteiger partial charge in [0, 0.05) is 18.2 Å². The van der Waals surface area contributed by atoms with E-state index >= 15 is 0 Å². The Labute approximate surface area is 114 Å². The Kier molecular flexibility index (Phi) is 4.32. The third-order valence-electron chi connectivity index (χ3n) is 4.46. The van der Waals surface area contributed by atoms with Crippen LogP contribution in [-0.4, -0.2) is 34.7 Å². The van der Waals surface area contributed by atoms with E-state index in [1.807, 2.05) is 0 Å². The number of nitrogens with two attached hydrogens (primary N) is 1. The highest BCUT2D eigenvalue weighted by Crippen LogP contribution is 2.35. The summed E-state index contributed by atoms with van der Waals surface area (Å²) in [5.41, 5.74) is 6.78. The van der Waals surface area contributed by atoms with Gasteiger partial charge >= 0.3 is 0 Å². The summed E-state index contributed by atoms with van der Waals surface area (Å²) in [5.74, 6) is 0.771. The standard InChI is InChI=1S/C15H24N2O2/c1-10(12-6-13(18)8-14(19)7-12)17(2)15-5-3-4-11(15)9-16/h6-8,10-11,15,18-19H,3-5,9,16H2,1-2H3. The fraction of sp³-hybridized carbons (Fsp3) is 0.600. The number of hydrogen-bond donors (Lipinski definition) is 3. The van der Waals surface area contributed by atoms with Crippen LogP contribution in [0.2, 0.25) is 0 Å². The molecule has 1 aliphatic carbocycles. The second kappa shape index (κ2) is 5.80. The Morgan fingerprint density at radius 1 is 1.26 bits per heavy atom. The third-order valence-corrected chi connectivity index (χ3v) is 4.46. The number of nitrogens with zero attached hydrogens (tertiary/aromatic N) is 1. The topological polar surface area (TPSA) is 69.7 Å². The van der Waals surface area contributed by atoms with Gasteiger partial charge in [0.1, 0.15) is 11.5 Å². The summed E-state index contributed by atoms with van der Waals surface area (Å²) < 4.78 is 0. The number of rotatable bonds is 4. The Balaban J connectivity index is 2.16. The van der Waals surface area contributed by atoms with E-state index in [-0.39, 0.29) is 17.5 Å². The van der Waals surface area contributed by atoms with E-state index in [4.69, 9.17) is 5.73 Å². The molecule has 0 spiro atoms. The number of hydrogen-bond acceptors (Lipinski definition) is 4. The second-order valence-corrected chi connectivity index (χ2v) is 5.62. The van der Waals surface area contributed by atoms with Gasteiger partial charge in [0.2, 0.25) is 0 Å². The Morgan fingerprint density at radius 3 is 2.47 bits per heavy atom. The van der Waals surface area contributed by atoms with Crippen molar-refractivity contribution in [2.45, 2.75) is 38.3 Å². The van der Waals surface area contributed by atoms with Gasteiger partial charge in [-0.2, -0.15) is 0 Å². The number of phenols is 2. The summed E-state index contributed by atoms with van der Waals surface area (Å²) >= 11 is 0. The number of benzene rings is 1. The van der Waals surface area contributed by atoms with E-state index in [1.54, 1.807) is 12.1 Å². The van der Waals surface area contributed by atoms with Crippen LogP contribution in [0.3, 0.4) is 0 Å². The highest BCUT2D eigenvalue weighted by atomic mass is 16.3. The summed E-state index contributed by atoms with van der Waals surface area (Å²) in [4.78, 5) is 2.32. The molecule has 4 nitrogen and oxygen atoms in total. The first-order valence-electron chi connectivity index (χ1n) is 6.98. The lowest BCUT2D eigenvalue weighted by molar-refractivity contribution is 0.152. The summed E-state index contributed by atoms with van der Waals surface area (Å²) in [7, 11) is 2.10. The molecule has 1 aromatic rings. The van der Waals surface area contributed by atoms with Crippen molar-refractivity contribution in [1.29, 1.82) is 0 Å². The van der Waals surface area contributed by atoms with Crippen molar-refractivity contribution in [2.75, 3.05) is 13.6 Å². The van der Waals surface area contributed by atoms with Crippen molar-refractivity contribution in [2.24, 2.45) is 11.7 Å². The van der Waals surface area contributed by atoms with Gasteiger partial charge in [-0.3, -0.25) is 4.90 Å². The molecule has 1 fully saturated rings. The van der Waals surface area contributed by atoms with Crippen LogP contribution in [0.15, 0.2) is 18.2 Å². The van der Waals surface area contributed by atoms with Crippen molar-refractivity contribution < 1.29 is 10.2 Å². The zero-order valence-corrected chi connectivity index (χ0v) is 11.7. The molecule has 0 amide bonds. The molecule has 1 saturated carbocycles. The van der Waals surface area contributed by atoms with Crippen LogP contribution in [0.1, 0.15) is 37.8 Å². The van der Waals surface area contributed by atoms with Crippen LogP contribution >= 0.6 is 0 Å². The molecule has 1 aromatic carbocycles. The molecule has 1 aliphatic rings. The molecule has 0 aliphatic heterocycles. The average molecular weight is 264 g/mol. The van der Waals surface area contributed by atoms with E-state index in [1.165, 1.54) is 25.3 Å². The summed E-state index contributed by atoms with van der Waals surface area (Å²) in [6.07, 6.45) is 3.60. The molecule has 4 heteroatoms. The Hall–Kier alpha value is -1.26. The van der Waals surface area contributed by atoms with Crippen molar-refractivity contribution in [3.8, 4) is 11.5 Å². The molecule has 4 N–H and O–H groups in total. The van der Waals surface area contributed by atoms with E-state index in [0.717, 1.165) is 12.1 Å². The van der Waals surface area contributed by atoms with Gasteiger partial charge in [-0.05, 0) is 57.0 Å². The molecule has 0 radical (unpaired) electrons. The molecular weight excluding hydrogens is 240 g/mol. The van der Waals surface area contributed by atoms with Gasteiger partial charge in [-0.1, -0.05) is 6.42 Å². The lowest BCUT2D eigenvalue weighted by Crippen LogP contribution is -2.39. The van der Waals surface area contributed by atoms with Crippen molar-refractivity contribution in [3.63, 3.8) is 0 Å². The fourth-order valence-corrected chi connectivity index (χ4v) is 3.21. The minimum Gasteiger partial charge on any atom is -0.508 e. The van der Waals surface area contributed by atoms with Gasteiger partial charge in [0.25, 0.3) is 0 Å². The van der Waals surface area contributed by atoms with Crippen LogP contribution < -0.4 is 5.73 Å². The predicted octanol–water partition coefficient (Wildman–Crippen LogP) is 2.22. The molecular formula is C15H24N2O2. The largest absolute Gasteiger partial charge is 0.508 e. The van der Waals surface area contributed by atoms with Crippen LogP contribution in [0.4, 0.5) is 0 Å². The zero-order valence-electron chi connectivity index (χ0n) is 11.7. The third kappa shape index (κ3) is 3.01. The first-order chi connectivity index (χ1) is 9.02. The minimum atomic E-state index is 0.108. The molecule has 19 heavy (non-hydrogen) atoms. The molecule has 0 bridgehead atoms. The van der Waals surface area contributed by atoms with E-state index < -0.39 is 0 Å². The van der Waals surface area contributed by atoms with Gasteiger partial charge in [0.15, 0.2) is 0 Å². The molecule has 3 atom stereocenters. The maximum atomic E-state index is 9.59. The quantitative estimate of drug-likeness (QED) is 0.780. The van der Waals surface area contributed by atoms with Crippen molar-refractivity contribution >= 4 is 0 Å². The Bertz CT molecular complexity index is 416. The van der Waals surface area contributed by atoms with E-state index in [2.05, 4.69) is 18.9 Å². The highest BCUT2D eigenvalue weighted by molar-refractivity contribution is 5.38. The van der Waals surface area contributed by atoms with Crippen LogP contribution in [0.25, 0.3) is 0 Å². The fourth-order valence-electron chi connectivity index (χ4n) is 3.21. The zero-order chi connectivity index (χ0) is 14.0. The molecule has 3 unspecified atom stereocenters. The van der Waals surface area contributed by atoms with Crippen molar-refractivity contribution in [1.82, 2.24) is 4.90 Å². The van der Waals surface area contributed by atoms with Crippen LogP contribution in [0, 0.1) is 5.92 Å². The van der Waals surface area contributed by atoms with Crippen LogP contribution in [0.5, 0.6) is 11.5 Å². The van der Waals surface area contributed by atoms with E-state index in [9.17, 15) is 10.2 Å². The molecule has 0 saturated heterocycles. The minimum absolute atomic E-state index is 0.108. The molecule has 0 heterocycles. The first kappa shape index (κ1) is 14.2. The summed E-state index contributed by atoms with van der Waals surface area (Å²) in [5, 5.41) is 19.2. The molecule has 0 aromatic heterocycles. The average Bonchev–Trinajstić information content (AvgIpc) is 2.84. The second-order valence-electron chi connectivity index (χ2n) is 5.62. The smallest absolute Gasteiger partial charge is 0.119 e.